The fourth-order valence-electron chi connectivity index (χ4n) is 3.24. The van der Waals surface area contributed by atoms with Crippen molar-refractivity contribution in [2.45, 2.75) is 19.6 Å². The first-order valence-electron chi connectivity index (χ1n) is 9.40. The second kappa shape index (κ2) is 8.51. The number of ether oxygens (including phenoxy) is 1. The predicted molar refractivity (Wildman–Crippen MR) is 113 cm³/mol. The van der Waals surface area contributed by atoms with Crippen LogP contribution in [0.1, 0.15) is 38.9 Å². The Balaban J connectivity index is 1.53. The Kier molecular flexibility index (Phi) is 5.64. The molecule has 29 heavy (non-hydrogen) atoms. The number of carbonyl (C=O) groups excluding carboxylic acids is 1. The lowest BCUT2D eigenvalue weighted by molar-refractivity contribution is 0.0949. The molecule has 0 bridgehead atoms. The van der Waals surface area contributed by atoms with Crippen LogP contribution in [0, 0.1) is 0 Å². The Bertz CT molecular complexity index is 1120. The number of furan rings is 1. The minimum absolute atomic E-state index is 0.188. The Hall–Kier alpha value is -3.09. The molecule has 5 nitrogen and oxygen atoms in total. The molecule has 0 aliphatic carbocycles. The topological polar surface area (TPSA) is 71.7 Å². The number of benzene rings is 2. The van der Waals surface area contributed by atoms with Crippen LogP contribution in [0.4, 0.5) is 0 Å². The molecule has 0 fully saturated rings. The summed E-state index contributed by atoms with van der Waals surface area (Å²) in [5, 5.41) is 15.2. The molecule has 1 unspecified atom stereocenters. The highest BCUT2D eigenvalue weighted by Gasteiger charge is 2.18. The van der Waals surface area contributed by atoms with Gasteiger partial charge in [0.05, 0.1) is 25.0 Å². The zero-order valence-corrected chi connectivity index (χ0v) is 16.7. The van der Waals surface area contributed by atoms with Crippen LogP contribution < -0.4 is 10.1 Å². The second-order valence-corrected chi connectivity index (χ2v) is 7.70. The van der Waals surface area contributed by atoms with Gasteiger partial charge in [-0.2, -0.15) is 0 Å². The van der Waals surface area contributed by atoms with E-state index in [1.807, 2.05) is 55.5 Å². The van der Waals surface area contributed by atoms with Crippen LogP contribution >= 0.6 is 11.3 Å². The van der Waals surface area contributed by atoms with Gasteiger partial charge in [0, 0.05) is 9.75 Å². The molecule has 2 aromatic heterocycles. The SMILES string of the molecule is CCOc1ccc2ccccc2c1C(=O)NCc1ccc(C(O)c2ccco2)s1. The highest BCUT2D eigenvalue weighted by atomic mass is 32.1. The molecular weight excluding hydrogens is 386 g/mol. The highest BCUT2D eigenvalue weighted by molar-refractivity contribution is 7.12. The third-order valence-corrected chi connectivity index (χ3v) is 5.74. The largest absolute Gasteiger partial charge is 0.493 e. The van der Waals surface area contributed by atoms with Gasteiger partial charge in [0.2, 0.25) is 0 Å². The van der Waals surface area contributed by atoms with Gasteiger partial charge in [-0.3, -0.25) is 4.79 Å². The van der Waals surface area contributed by atoms with E-state index in [2.05, 4.69) is 5.32 Å². The summed E-state index contributed by atoms with van der Waals surface area (Å²) >= 11 is 1.44. The normalized spacial score (nSPS) is 12.1. The first-order valence-corrected chi connectivity index (χ1v) is 10.2. The molecular formula is C23H21NO4S. The summed E-state index contributed by atoms with van der Waals surface area (Å²) in [4.78, 5) is 14.7. The smallest absolute Gasteiger partial charge is 0.255 e. The third-order valence-electron chi connectivity index (χ3n) is 4.61. The number of hydrogen-bond acceptors (Lipinski definition) is 5. The van der Waals surface area contributed by atoms with Gasteiger partial charge in [-0.05, 0) is 48.0 Å². The quantitative estimate of drug-likeness (QED) is 0.457. The second-order valence-electron chi connectivity index (χ2n) is 6.50. The van der Waals surface area contributed by atoms with E-state index >= 15 is 0 Å². The molecule has 6 heteroatoms. The van der Waals surface area contributed by atoms with Crippen LogP contribution in [0.15, 0.2) is 71.3 Å². The van der Waals surface area contributed by atoms with Crippen molar-refractivity contribution in [1.82, 2.24) is 5.32 Å². The number of aliphatic hydroxyl groups excluding tert-OH is 1. The third kappa shape index (κ3) is 4.04. The van der Waals surface area contributed by atoms with Crippen molar-refractivity contribution in [2.24, 2.45) is 0 Å². The van der Waals surface area contributed by atoms with E-state index in [1.165, 1.54) is 17.6 Å². The molecule has 1 atom stereocenters. The Morgan fingerprint density at radius 2 is 2.00 bits per heavy atom. The summed E-state index contributed by atoms with van der Waals surface area (Å²) in [5.41, 5.74) is 0.539. The van der Waals surface area contributed by atoms with Crippen molar-refractivity contribution in [3.8, 4) is 5.75 Å². The zero-order valence-electron chi connectivity index (χ0n) is 15.9. The van der Waals surface area contributed by atoms with Crippen LogP contribution in [0.2, 0.25) is 0 Å². The zero-order chi connectivity index (χ0) is 20.2. The van der Waals surface area contributed by atoms with Gasteiger partial charge in [0.1, 0.15) is 17.6 Å². The van der Waals surface area contributed by atoms with E-state index in [0.717, 1.165) is 20.5 Å². The molecule has 2 heterocycles. The van der Waals surface area contributed by atoms with Gasteiger partial charge in [-0.1, -0.05) is 30.3 Å². The Morgan fingerprint density at radius 3 is 2.79 bits per heavy atom. The van der Waals surface area contributed by atoms with Crippen LogP contribution in [-0.2, 0) is 6.54 Å². The molecule has 4 aromatic rings. The van der Waals surface area contributed by atoms with Crippen molar-refractivity contribution in [3.05, 3.63) is 88.0 Å². The lowest BCUT2D eigenvalue weighted by Crippen LogP contribution is -2.23. The summed E-state index contributed by atoms with van der Waals surface area (Å²) in [7, 11) is 0. The summed E-state index contributed by atoms with van der Waals surface area (Å²) in [6.07, 6.45) is 0.732. The van der Waals surface area contributed by atoms with Gasteiger partial charge in [0.25, 0.3) is 5.91 Å². The molecule has 0 radical (unpaired) electrons. The molecule has 0 aliphatic heterocycles. The maximum absolute atomic E-state index is 13.0. The van der Waals surface area contributed by atoms with Gasteiger partial charge >= 0.3 is 0 Å². The van der Waals surface area contributed by atoms with Gasteiger partial charge in [-0.15, -0.1) is 11.3 Å². The van der Waals surface area contributed by atoms with Crippen LogP contribution in [0.5, 0.6) is 5.75 Å². The molecule has 0 saturated carbocycles. The number of amides is 1. The van der Waals surface area contributed by atoms with Crippen LogP contribution in [-0.4, -0.2) is 17.6 Å². The van der Waals surface area contributed by atoms with E-state index in [1.54, 1.807) is 12.1 Å². The van der Waals surface area contributed by atoms with E-state index in [4.69, 9.17) is 9.15 Å². The molecule has 2 N–H and O–H groups in total. The standard InChI is InChI=1S/C23H21NO4S/c1-2-27-18-11-9-15-6-3-4-7-17(15)21(18)23(26)24-14-16-10-12-20(29-16)22(25)19-8-5-13-28-19/h3-13,22,25H,2,14H2,1H3,(H,24,26). The summed E-state index contributed by atoms with van der Waals surface area (Å²) in [6.45, 7) is 2.75. The van der Waals surface area contributed by atoms with E-state index in [0.29, 0.717) is 30.2 Å². The van der Waals surface area contributed by atoms with Gasteiger partial charge in [0.15, 0.2) is 0 Å². The minimum Gasteiger partial charge on any atom is -0.493 e. The summed E-state index contributed by atoms with van der Waals surface area (Å²) < 4.78 is 11.0. The molecule has 1 amide bonds. The molecule has 4 rings (SSSR count). The number of rotatable bonds is 7. The van der Waals surface area contributed by atoms with Crippen molar-refractivity contribution in [2.75, 3.05) is 6.61 Å². The van der Waals surface area contributed by atoms with Crippen molar-refractivity contribution < 1.29 is 19.1 Å². The van der Waals surface area contributed by atoms with E-state index in [9.17, 15) is 9.90 Å². The van der Waals surface area contributed by atoms with E-state index in [-0.39, 0.29) is 5.91 Å². The minimum atomic E-state index is -0.804. The summed E-state index contributed by atoms with van der Waals surface area (Å²) in [6, 6.07) is 18.8. The number of hydrogen-bond donors (Lipinski definition) is 2. The number of carbonyl (C=O) groups is 1. The number of nitrogens with one attached hydrogen (secondary N) is 1. The molecule has 0 spiro atoms. The summed E-state index contributed by atoms with van der Waals surface area (Å²) in [5.74, 6) is 0.884. The predicted octanol–water partition coefficient (Wildman–Crippen LogP) is 4.90. The maximum atomic E-state index is 13.0. The number of fused-ring (bicyclic) bond motifs is 1. The molecule has 0 aliphatic rings. The first-order chi connectivity index (χ1) is 14.2. The fourth-order valence-corrected chi connectivity index (χ4v) is 4.19. The van der Waals surface area contributed by atoms with E-state index < -0.39 is 6.10 Å². The highest BCUT2D eigenvalue weighted by Crippen LogP contribution is 2.30. The number of thiophene rings is 1. The first kappa shape index (κ1) is 19.2. The fraction of sp³-hybridized carbons (Fsp3) is 0.174. The van der Waals surface area contributed by atoms with Crippen molar-refractivity contribution in [1.29, 1.82) is 0 Å². The average Bonchev–Trinajstić information content (AvgIpc) is 3.44. The van der Waals surface area contributed by atoms with Gasteiger partial charge < -0.3 is 19.6 Å². The van der Waals surface area contributed by atoms with Crippen LogP contribution in [0.25, 0.3) is 10.8 Å². The molecule has 0 saturated heterocycles. The van der Waals surface area contributed by atoms with Crippen molar-refractivity contribution >= 4 is 28.0 Å². The Labute approximate surface area is 172 Å². The lowest BCUT2D eigenvalue weighted by Gasteiger charge is -2.13. The lowest BCUT2D eigenvalue weighted by atomic mass is 10.0. The van der Waals surface area contributed by atoms with Gasteiger partial charge in [-0.25, -0.2) is 0 Å². The van der Waals surface area contributed by atoms with Crippen LogP contribution in [0.3, 0.4) is 0 Å². The maximum Gasteiger partial charge on any atom is 0.255 e. The van der Waals surface area contributed by atoms with Crippen molar-refractivity contribution in [3.63, 3.8) is 0 Å². The molecule has 148 valence electrons. The molecule has 2 aromatic carbocycles. The number of aliphatic hydroxyl groups is 1. The monoisotopic (exact) mass is 407 g/mol. The average molecular weight is 407 g/mol. The Morgan fingerprint density at radius 1 is 1.14 bits per heavy atom.